The number of hydrogen-bond acceptors (Lipinski definition) is 5. The van der Waals surface area contributed by atoms with Gasteiger partial charge in [-0.15, -0.1) is 0 Å². The lowest BCUT2D eigenvalue weighted by molar-refractivity contribution is -0.00923. The molecule has 6 nitrogen and oxygen atoms in total. The number of aromatic nitrogens is 1. The minimum absolute atomic E-state index is 0.172. The summed E-state index contributed by atoms with van der Waals surface area (Å²) < 4.78 is 10.7. The monoisotopic (exact) mass is 377 g/mol. The zero-order valence-electron chi connectivity index (χ0n) is 15.3. The summed E-state index contributed by atoms with van der Waals surface area (Å²) in [7, 11) is 0. The van der Waals surface area contributed by atoms with Gasteiger partial charge in [0.25, 0.3) is 5.91 Å². The summed E-state index contributed by atoms with van der Waals surface area (Å²) in [4.78, 5) is 15.2. The zero-order valence-corrected chi connectivity index (χ0v) is 16.1. The molecule has 0 atom stereocenters. The van der Waals surface area contributed by atoms with Crippen LogP contribution in [-0.2, 0) is 4.74 Å². The van der Waals surface area contributed by atoms with Gasteiger partial charge in [-0.1, -0.05) is 35.0 Å². The van der Waals surface area contributed by atoms with E-state index in [1.807, 2.05) is 18.2 Å². The summed E-state index contributed by atoms with van der Waals surface area (Å²) in [5, 5.41) is 7.61. The Bertz CT molecular complexity index is 782. The largest absolute Gasteiger partial charge is 0.379 e. The highest BCUT2D eigenvalue weighted by Crippen LogP contribution is 2.31. The van der Waals surface area contributed by atoms with Gasteiger partial charge in [-0.25, -0.2) is 0 Å². The Morgan fingerprint density at radius 3 is 2.69 bits per heavy atom. The topological polar surface area (TPSA) is 67.6 Å². The van der Waals surface area contributed by atoms with E-state index in [-0.39, 0.29) is 11.4 Å². The fourth-order valence-electron chi connectivity index (χ4n) is 3.14. The van der Waals surface area contributed by atoms with Crippen molar-refractivity contribution >= 4 is 17.5 Å². The number of nitrogens with one attached hydrogen (secondary N) is 1. The predicted molar refractivity (Wildman–Crippen MR) is 100 cm³/mol. The van der Waals surface area contributed by atoms with E-state index < -0.39 is 0 Å². The third kappa shape index (κ3) is 3.92. The number of morpholine rings is 1. The van der Waals surface area contributed by atoms with Crippen LogP contribution in [0.3, 0.4) is 0 Å². The van der Waals surface area contributed by atoms with E-state index in [1.165, 1.54) is 0 Å². The molecule has 3 rings (SSSR count). The maximum atomic E-state index is 12.9. The van der Waals surface area contributed by atoms with E-state index >= 15 is 0 Å². The summed E-state index contributed by atoms with van der Waals surface area (Å²) in [5.74, 6) is 0.265. The zero-order chi connectivity index (χ0) is 18.7. The molecule has 2 heterocycles. The molecule has 26 heavy (non-hydrogen) atoms. The van der Waals surface area contributed by atoms with Crippen LogP contribution >= 0.6 is 11.6 Å². The first kappa shape index (κ1) is 18.9. The van der Waals surface area contributed by atoms with Crippen molar-refractivity contribution in [2.24, 2.45) is 0 Å². The molecule has 1 amide bonds. The van der Waals surface area contributed by atoms with Crippen LogP contribution in [0.25, 0.3) is 11.3 Å². The molecule has 1 aromatic heterocycles. The predicted octanol–water partition coefficient (Wildman–Crippen LogP) is 3.14. The van der Waals surface area contributed by atoms with Crippen molar-refractivity contribution in [1.82, 2.24) is 15.4 Å². The van der Waals surface area contributed by atoms with Crippen LogP contribution in [0.5, 0.6) is 0 Å². The molecular weight excluding hydrogens is 354 g/mol. The number of carbonyl (C=O) groups excluding carboxylic acids is 1. The Hall–Kier alpha value is -1.89. The molecule has 1 aliphatic heterocycles. The Labute approximate surface area is 158 Å². The number of aryl methyl sites for hydroxylation is 1. The standard InChI is InChI=1S/C19H24ClN3O3/c1-13-16(17(22-26-13)14-6-4-5-7-15(14)20)18(24)21-12-19(2,3)23-8-10-25-11-9-23/h4-7H,8-12H2,1-3H3,(H,21,24). The number of carbonyl (C=O) groups is 1. The first-order chi connectivity index (χ1) is 12.4. The molecule has 0 aliphatic carbocycles. The van der Waals surface area contributed by atoms with Crippen LogP contribution in [-0.4, -0.2) is 54.4 Å². The SMILES string of the molecule is Cc1onc(-c2ccccc2Cl)c1C(=O)NCC(C)(C)N1CCOCC1. The van der Waals surface area contributed by atoms with E-state index in [2.05, 4.69) is 29.2 Å². The van der Waals surface area contributed by atoms with E-state index in [0.717, 1.165) is 26.3 Å². The second-order valence-electron chi connectivity index (χ2n) is 7.04. The smallest absolute Gasteiger partial charge is 0.257 e. The molecule has 7 heteroatoms. The molecule has 1 fully saturated rings. The summed E-state index contributed by atoms with van der Waals surface area (Å²) in [5.41, 5.74) is 1.41. The fraction of sp³-hybridized carbons (Fsp3) is 0.474. The quantitative estimate of drug-likeness (QED) is 0.866. The molecular formula is C19H24ClN3O3. The van der Waals surface area contributed by atoms with Crippen molar-refractivity contribution in [3.8, 4) is 11.3 Å². The molecule has 1 aliphatic rings. The van der Waals surface area contributed by atoms with E-state index in [0.29, 0.717) is 34.1 Å². The second-order valence-corrected chi connectivity index (χ2v) is 7.44. The van der Waals surface area contributed by atoms with Crippen LogP contribution in [0.1, 0.15) is 30.0 Å². The molecule has 1 N–H and O–H groups in total. The van der Waals surface area contributed by atoms with E-state index in [9.17, 15) is 4.79 Å². The highest BCUT2D eigenvalue weighted by Gasteiger charge is 2.30. The highest BCUT2D eigenvalue weighted by molar-refractivity contribution is 6.33. The highest BCUT2D eigenvalue weighted by atomic mass is 35.5. The van der Waals surface area contributed by atoms with E-state index in [4.69, 9.17) is 20.9 Å². The maximum Gasteiger partial charge on any atom is 0.257 e. The summed E-state index contributed by atoms with van der Waals surface area (Å²) in [6.45, 7) is 9.65. The van der Waals surface area contributed by atoms with Gasteiger partial charge >= 0.3 is 0 Å². The first-order valence-corrected chi connectivity index (χ1v) is 9.10. The van der Waals surface area contributed by atoms with Crippen molar-refractivity contribution in [2.75, 3.05) is 32.8 Å². The van der Waals surface area contributed by atoms with Crippen molar-refractivity contribution < 1.29 is 14.1 Å². The molecule has 0 saturated carbocycles. The number of amides is 1. The molecule has 0 unspecified atom stereocenters. The molecule has 0 bridgehead atoms. The third-order valence-electron chi connectivity index (χ3n) is 4.77. The number of rotatable bonds is 5. The van der Waals surface area contributed by atoms with Gasteiger partial charge in [0.1, 0.15) is 17.0 Å². The number of nitrogens with zero attached hydrogens (tertiary/aromatic N) is 2. The molecule has 0 spiro atoms. The molecule has 0 radical (unpaired) electrons. The number of ether oxygens (including phenoxy) is 1. The Morgan fingerprint density at radius 2 is 2.00 bits per heavy atom. The van der Waals surface area contributed by atoms with Gasteiger partial charge in [0.15, 0.2) is 0 Å². The fourth-order valence-corrected chi connectivity index (χ4v) is 3.37. The number of benzene rings is 1. The summed E-state index contributed by atoms with van der Waals surface area (Å²) in [6.07, 6.45) is 0. The molecule has 1 aromatic carbocycles. The molecule has 2 aromatic rings. The van der Waals surface area contributed by atoms with Crippen LogP contribution in [0, 0.1) is 6.92 Å². The van der Waals surface area contributed by atoms with Gasteiger partial charge in [-0.05, 0) is 26.8 Å². The Kier molecular flexibility index (Phi) is 5.65. The lowest BCUT2D eigenvalue weighted by Crippen LogP contribution is -2.55. The third-order valence-corrected chi connectivity index (χ3v) is 5.10. The van der Waals surface area contributed by atoms with Crippen LogP contribution in [0.15, 0.2) is 28.8 Å². The minimum Gasteiger partial charge on any atom is -0.379 e. The Morgan fingerprint density at radius 1 is 1.31 bits per heavy atom. The first-order valence-electron chi connectivity index (χ1n) is 8.72. The average molecular weight is 378 g/mol. The van der Waals surface area contributed by atoms with Crippen molar-refractivity contribution in [3.05, 3.63) is 40.6 Å². The van der Waals surface area contributed by atoms with Crippen molar-refractivity contribution in [1.29, 1.82) is 0 Å². The second kappa shape index (κ2) is 7.78. The Balaban J connectivity index is 1.76. The number of hydrogen-bond donors (Lipinski definition) is 1. The lowest BCUT2D eigenvalue weighted by Gasteiger charge is -2.40. The van der Waals surface area contributed by atoms with Gasteiger partial charge in [-0.2, -0.15) is 0 Å². The van der Waals surface area contributed by atoms with Gasteiger partial charge in [0.2, 0.25) is 0 Å². The maximum absolute atomic E-state index is 12.9. The summed E-state index contributed by atoms with van der Waals surface area (Å²) in [6, 6.07) is 7.29. The van der Waals surface area contributed by atoms with Gasteiger partial charge < -0.3 is 14.6 Å². The van der Waals surface area contributed by atoms with Gasteiger partial charge in [0, 0.05) is 30.7 Å². The van der Waals surface area contributed by atoms with Crippen molar-refractivity contribution in [3.63, 3.8) is 0 Å². The van der Waals surface area contributed by atoms with E-state index in [1.54, 1.807) is 13.0 Å². The van der Waals surface area contributed by atoms with Crippen LogP contribution in [0.2, 0.25) is 5.02 Å². The number of halogens is 1. The normalized spacial score (nSPS) is 15.8. The minimum atomic E-state index is -0.208. The molecule has 140 valence electrons. The van der Waals surface area contributed by atoms with Crippen LogP contribution in [0.4, 0.5) is 0 Å². The van der Waals surface area contributed by atoms with Gasteiger partial charge in [0.05, 0.1) is 18.2 Å². The molecule has 1 saturated heterocycles. The van der Waals surface area contributed by atoms with Crippen molar-refractivity contribution in [2.45, 2.75) is 26.3 Å². The van der Waals surface area contributed by atoms with Crippen LogP contribution < -0.4 is 5.32 Å². The summed E-state index contributed by atoms with van der Waals surface area (Å²) >= 11 is 6.26. The average Bonchev–Trinajstić information content (AvgIpc) is 3.02. The van der Waals surface area contributed by atoms with Gasteiger partial charge in [-0.3, -0.25) is 9.69 Å². The lowest BCUT2D eigenvalue weighted by atomic mass is 10.0.